The molecule has 0 bridgehead atoms. The maximum atomic E-state index is 12.1. The third-order valence-corrected chi connectivity index (χ3v) is 5.03. The van der Waals surface area contributed by atoms with E-state index in [0.717, 1.165) is 31.9 Å². The molecule has 0 unspecified atom stereocenters. The average molecular weight is 440 g/mol. The number of hydrogen-bond acceptors (Lipinski definition) is 7. The summed E-state index contributed by atoms with van der Waals surface area (Å²) in [6.45, 7) is 4.32. The largest absolute Gasteiger partial charge is 0.640 e. The number of carbonyl (C=O) groups is 1. The molecule has 2 saturated carbocycles. The fourth-order valence-corrected chi connectivity index (χ4v) is 3.46. The topological polar surface area (TPSA) is 98.5 Å². The summed E-state index contributed by atoms with van der Waals surface area (Å²) < 4.78 is 4.67. The van der Waals surface area contributed by atoms with Gasteiger partial charge in [-0.1, -0.05) is 26.7 Å². The number of hydrogen-bond donors (Lipinski definition) is 0. The first kappa shape index (κ1) is 23.6. The summed E-state index contributed by atoms with van der Waals surface area (Å²) in [5.41, 5.74) is -0.861. The normalized spacial score (nSPS) is 17.2. The van der Waals surface area contributed by atoms with Gasteiger partial charge in [0.1, 0.15) is 6.20 Å². The maximum absolute atomic E-state index is 12.1. The van der Waals surface area contributed by atoms with Crippen molar-refractivity contribution in [2.24, 2.45) is 5.41 Å². The summed E-state index contributed by atoms with van der Waals surface area (Å²) in [4.78, 5) is 32.6. The molecule has 2 fully saturated rings. The molecule has 0 aromatic carbocycles. The second kappa shape index (κ2) is 10.2. The van der Waals surface area contributed by atoms with E-state index in [9.17, 15) is 14.9 Å². The summed E-state index contributed by atoms with van der Waals surface area (Å²) in [5.74, 6) is -0.205. The van der Waals surface area contributed by atoms with Crippen molar-refractivity contribution in [1.29, 1.82) is 0 Å². The Bertz CT molecular complexity index is 666. The van der Waals surface area contributed by atoms with Gasteiger partial charge in [-0.05, 0) is 37.3 Å². The van der Waals surface area contributed by atoms with Crippen molar-refractivity contribution in [1.82, 2.24) is 9.97 Å². The van der Waals surface area contributed by atoms with Crippen LogP contribution in [0.15, 0.2) is 6.20 Å². The predicted octanol–water partition coefficient (Wildman–Crippen LogP) is 3.93. The molecule has 152 valence electrons. The molecule has 1 heterocycles. The maximum Gasteiger partial charge on any atom is 0.329 e. The van der Waals surface area contributed by atoms with Crippen LogP contribution in [0.3, 0.4) is 0 Å². The van der Waals surface area contributed by atoms with Crippen molar-refractivity contribution in [3.8, 4) is 0 Å². The summed E-state index contributed by atoms with van der Waals surface area (Å²) in [5, 5.41) is 11.3. The van der Waals surface area contributed by atoms with E-state index in [-0.39, 0.29) is 45.9 Å². The fourth-order valence-electron chi connectivity index (χ4n) is 3.34. The first-order valence-corrected chi connectivity index (χ1v) is 9.25. The van der Waals surface area contributed by atoms with Crippen LogP contribution in [0.5, 0.6) is 0 Å². The number of esters is 1. The van der Waals surface area contributed by atoms with Gasteiger partial charge in [0.15, 0.2) is 0 Å². The molecular formula is C17H24ClFeN4O4-. The number of rotatable bonds is 6. The van der Waals surface area contributed by atoms with Gasteiger partial charge in [0, 0.05) is 29.7 Å². The number of nitrogens with zero attached hydrogens (tertiary/aromatic N) is 4. The smallest absolute Gasteiger partial charge is 0.329 e. The molecule has 2 aliphatic carbocycles. The Morgan fingerprint density at radius 3 is 2.52 bits per heavy atom. The van der Waals surface area contributed by atoms with E-state index in [4.69, 9.17) is 11.6 Å². The van der Waals surface area contributed by atoms with Gasteiger partial charge in [-0.25, -0.2) is 4.98 Å². The third kappa shape index (κ3) is 5.30. The summed E-state index contributed by atoms with van der Waals surface area (Å²) >= 11 is 5.88. The van der Waals surface area contributed by atoms with Crippen molar-refractivity contribution in [3.05, 3.63) is 28.7 Å². The molecule has 10 heteroatoms. The van der Waals surface area contributed by atoms with Crippen molar-refractivity contribution in [3.63, 3.8) is 0 Å². The van der Waals surface area contributed by atoms with Crippen molar-refractivity contribution >= 4 is 29.1 Å². The van der Waals surface area contributed by atoms with Crippen LogP contribution in [0, 0.1) is 22.6 Å². The van der Waals surface area contributed by atoms with E-state index in [2.05, 4.69) is 21.8 Å². The molecule has 0 amide bonds. The first-order valence-electron chi connectivity index (χ1n) is 8.87. The second-order valence-corrected chi connectivity index (χ2v) is 6.72. The van der Waals surface area contributed by atoms with E-state index in [1.54, 1.807) is 0 Å². The Morgan fingerprint density at radius 2 is 2.04 bits per heavy atom. The minimum Gasteiger partial charge on any atom is -0.640 e. The Hall–Kier alpha value is -1.44. The third-order valence-electron chi connectivity index (χ3n) is 4.85. The summed E-state index contributed by atoms with van der Waals surface area (Å²) in [6.07, 6.45) is 6.35. The zero-order chi connectivity index (χ0) is 19.3. The van der Waals surface area contributed by atoms with E-state index in [1.807, 2.05) is 18.7 Å². The minimum absolute atomic E-state index is 0. The molecule has 0 aliphatic heterocycles. The van der Waals surface area contributed by atoms with Crippen LogP contribution in [0.2, 0.25) is 5.28 Å². The second-order valence-electron chi connectivity index (χ2n) is 6.38. The minimum atomic E-state index is -0.657. The van der Waals surface area contributed by atoms with Gasteiger partial charge in [-0.2, -0.15) is 12.1 Å². The summed E-state index contributed by atoms with van der Waals surface area (Å²) in [6, 6.07) is 0.0877. The van der Waals surface area contributed by atoms with Gasteiger partial charge in [0.05, 0.1) is 10.3 Å². The molecule has 27 heavy (non-hydrogen) atoms. The van der Waals surface area contributed by atoms with Gasteiger partial charge >= 0.3 is 5.69 Å². The van der Waals surface area contributed by atoms with Crippen LogP contribution in [-0.2, 0) is 26.6 Å². The van der Waals surface area contributed by atoms with Gasteiger partial charge in [0.25, 0.3) is 5.97 Å². The quantitative estimate of drug-likeness (QED) is 0.165. The Kier molecular flexibility index (Phi) is 8.91. The van der Waals surface area contributed by atoms with Crippen LogP contribution in [-0.4, -0.2) is 33.4 Å². The van der Waals surface area contributed by atoms with E-state index in [0.29, 0.717) is 19.4 Å². The standard InChI is InChI=1S/C15H18ClN4O4.C2H6.Fe/c1-24-13(21)15(6-7-15)9-19(10-4-2-3-5-10)12-11(20(22)23)8-17-14(16)18-12;1-2;/h8,10H,1-7,9H2;1-2H3;/q-1;;. The molecular weight excluding hydrogens is 416 g/mol. The molecule has 1 aromatic rings. The first-order chi connectivity index (χ1) is 12.5. The number of carbonyl (C=O) groups excluding carboxylic acids is 1. The predicted molar refractivity (Wildman–Crippen MR) is 97.8 cm³/mol. The number of halogens is 1. The van der Waals surface area contributed by atoms with Gasteiger partial charge in [-0.15, -0.1) is 0 Å². The molecule has 8 nitrogen and oxygen atoms in total. The van der Waals surface area contributed by atoms with Crippen LogP contribution in [0.4, 0.5) is 11.5 Å². The Balaban J connectivity index is 0.00000118. The summed E-state index contributed by atoms with van der Waals surface area (Å²) in [7, 11) is 3.21. The number of aromatic nitrogens is 2. The molecule has 2 aliphatic rings. The van der Waals surface area contributed by atoms with Crippen LogP contribution in [0.1, 0.15) is 52.4 Å². The van der Waals surface area contributed by atoms with Crippen molar-refractivity contribution < 1.29 is 31.5 Å². The number of nitro groups is 1. The molecule has 0 radical (unpaired) electrons. The Morgan fingerprint density at radius 1 is 1.44 bits per heavy atom. The van der Waals surface area contributed by atoms with Gasteiger partial charge in [-0.3, -0.25) is 14.9 Å². The molecule has 0 saturated heterocycles. The van der Waals surface area contributed by atoms with Crippen molar-refractivity contribution in [2.45, 2.75) is 58.4 Å². The van der Waals surface area contributed by atoms with E-state index >= 15 is 0 Å². The van der Waals surface area contributed by atoms with Crippen LogP contribution in [0.25, 0.3) is 0 Å². The molecule has 0 spiro atoms. The molecule has 3 rings (SSSR count). The molecule has 1 aromatic heterocycles. The molecule has 0 atom stereocenters. The molecule has 0 N–H and O–H groups in total. The zero-order valence-electron chi connectivity index (χ0n) is 15.5. The van der Waals surface area contributed by atoms with E-state index < -0.39 is 10.3 Å². The number of ether oxygens (including phenoxy) is 1. The Labute approximate surface area is 174 Å². The number of anilines is 1. The van der Waals surface area contributed by atoms with Crippen molar-refractivity contribution in [2.75, 3.05) is 11.4 Å². The average Bonchev–Trinajstić information content (AvgIpc) is 3.23. The van der Waals surface area contributed by atoms with Crippen LogP contribution < -0.4 is 4.90 Å². The fraction of sp³-hybridized carbons (Fsp3) is 0.647. The SMILES string of the molecule is CC.[CH2-]OC(=O)C1(CN(c2nc(Cl)ncc2[N+](=O)[O-])C2CCCC2)CC1.[Fe]. The van der Waals surface area contributed by atoms with Gasteiger partial charge in [0.2, 0.25) is 11.1 Å². The van der Waals surface area contributed by atoms with Gasteiger partial charge < -0.3 is 9.64 Å². The van der Waals surface area contributed by atoms with Crippen LogP contribution >= 0.6 is 11.6 Å². The zero-order valence-corrected chi connectivity index (χ0v) is 17.3. The monoisotopic (exact) mass is 439 g/mol. The van der Waals surface area contributed by atoms with E-state index in [1.165, 1.54) is 0 Å².